The molecule has 0 fully saturated rings. The van der Waals surface area contributed by atoms with Crippen LogP contribution in [-0.2, 0) is 16.0 Å². The number of nitrogen functional groups attached to an aromatic ring is 1. The van der Waals surface area contributed by atoms with Crippen LogP contribution in [0.25, 0.3) is 0 Å². The fourth-order valence-electron chi connectivity index (χ4n) is 1.75. The Morgan fingerprint density at radius 1 is 1.33 bits per heavy atom. The van der Waals surface area contributed by atoms with Crippen molar-refractivity contribution in [1.82, 2.24) is 4.90 Å². The number of likely N-dealkylation sites (N-methyl/N-ethyl adjacent to an activating group) is 1. The molecule has 0 atom stereocenters. The molecule has 0 saturated heterocycles. The van der Waals surface area contributed by atoms with E-state index >= 15 is 0 Å². The molecule has 0 spiro atoms. The number of hydrogen-bond donors (Lipinski definition) is 1. The van der Waals surface area contributed by atoms with Crippen LogP contribution in [0.2, 0.25) is 0 Å². The minimum absolute atomic E-state index is 0.201. The highest BCUT2D eigenvalue weighted by Crippen LogP contribution is 2.07. The summed E-state index contributed by atoms with van der Waals surface area (Å²) < 4.78 is 5.20. The monoisotopic (exact) mass is 250 g/mol. The molecule has 0 unspecified atom stereocenters. The van der Waals surface area contributed by atoms with Crippen molar-refractivity contribution >= 4 is 11.7 Å². The second-order valence-electron chi connectivity index (χ2n) is 4.17. The largest absolute Gasteiger partial charge is 0.464 e. The van der Waals surface area contributed by atoms with E-state index in [1.54, 1.807) is 12.1 Å². The molecule has 4 heteroatoms. The van der Waals surface area contributed by atoms with Crippen LogP contribution in [0.1, 0.15) is 19.4 Å². The fourth-order valence-corrected chi connectivity index (χ4v) is 1.75. The van der Waals surface area contributed by atoms with Gasteiger partial charge in [-0.3, -0.25) is 4.79 Å². The molecule has 0 saturated carbocycles. The Hall–Kier alpha value is -1.55. The molecule has 0 radical (unpaired) electrons. The molecule has 0 heterocycles. The van der Waals surface area contributed by atoms with Gasteiger partial charge in [0.15, 0.2) is 0 Å². The Balaban J connectivity index is 2.29. The molecule has 18 heavy (non-hydrogen) atoms. The second kappa shape index (κ2) is 7.71. The highest BCUT2D eigenvalue weighted by molar-refractivity contribution is 5.73. The Morgan fingerprint density at radius 2 is 2.06 bits per heavy atom. The van der Waals surface area contributed by atoms with Crippen LogP contribution in [0.4, 0.5) is 5.69 Å². The molecule has 1 aromatic carbocycles. The van der Waals surface area contributed by atoms with E-state index < -0.39 is 0 Å². The first kappa shape index (κ1) is 14.5. The second-order valence-corrected chi connectivity index (χ2v) is 4.17. The maximum Gasteiger partial charge on any atom is 0.310 e. The van der Waals surface area contributed by atoms with Crippen molar-refractivity contribution in [1.29, 1.82) is 0 Å². The summed E-state index contributed by atoms with van der Waals surface area (Å²) in [7, 11) is 0. The summed E-state index contributed by atoms with van der Waals surface area (Å²) in [6.45, 7) is 7.38. The van der Waals surface area contributed by atoms with Gasteiger partial charge in [0.25, 0.3) is 0 Å². The van der Waals surface area contributed by atoms with Gasteiger partial charge in [0.2, 0.25) is 0 Å². The lowest BCUT2D eigenvalue weighted by Gasteiger charge is -2.17. The van der Waals surface area contributed by atoms with E-state index in [9.17, 15) is 4.79 Å². The molecule has 0 aliphatic carbocycles. The number of nitrogens with zero attached hydrogens (tertiary/aromatic N) is 1. The molecule has 1 aromatic rings. The van der Waals surface area contributed by atoms with Gasteiger partial charge in [-0.1, -0.05) is 26.0 Å². The summed E-state index contributed by atoms with van der Waals surface area (Å²) in [5.41, 5.74) is 7.21. The van der Waals surface area contributed by atoms with Gasteiger partial charge in [0.05, 0.1) is 6.42 Å². The quantitative estimate of drug-likeness (QED) is 0.591. The van der Waals surface area contributed by atoms with Gasteiger partial charge >= 0.3 is 5.97 Å². The number of anilines is 1. The number of carbonyl (C=O) groups is 1. The Morgan fingerprint density at radius 3 is 2.67 bits per heavy atom. The maximum atomic E-state index is 11.6. The lowest BCUT2D eigenvalue weighted by molar-refractivity contribution is -0.143. The van der Waals surface area contributed by atoms with Crippen molar-refractivity contribution in [2.45, 2.75) is 20.3 Å². The number of nitrogens with two attached hydrogens (primary N) is 1. The smallest absolute Gasteiger partial charge is 0.310 e. The minimum atomic E-state index is -0.201. The van der Waals surface area contributed by atoms with E-state index in [0.29, 0.717) is 12.3 Å². The molecular weight excluding hydrogens is 228 g/mol. The number of esters is 1. The summed E-state index contributed by atoms with van der Waals surface area (Å²) in [5.74, 6) is -0.201. The van der Waals surface area contributed by atoms with Gasteiger partial charge in [-0.25, -0.2) is 0 Å². The van der Waals surface area contributed by atoms with Crippen LogP contribution in [0.5, 0.6) is 0 Å². The number of hydrogen-bond acceptors (Lipinski definition) is 4. The number of benzene rings is 1. The van der Waals surface area contributed by atoms with Gasteiger partial charge in [-0.15, -0.1) is 0 Å². The molecule has 0 bridgehead atoms. The van der Waals surface area contributed by atoms with Crippen molar-refractivity contribution in [2.24, 2.45) is 0 Å². The summed E-state index contributed by atoms with van der Waals surface area (Å²) in [6.07, 6.45) is 0.281. The summed E-state index contributed by atoms with van der Waals surface area (Å²) in [4.78, 5) is 13.8. The molecule has 0 aromatic heterocycles. The fraction of sp³-hybridized carbons (Fsp3) is 0.500. The predicted octanol–water partition coefficient (Wildman–Crippen LogP) is 1.70. The Bertz CT molecular complexity index is 376. The third kappa shape index (κ3) is 5.19. The predicted molar refractivity (Wildman–Crippen MR) is 73.3 cm³/mol. The van der Waals surface area contributed by atoms with E-state index in [1.807, 2.05) is 12.1 Å². The van der Waals surface area contributed by atoms with Gasteiger partial charge in [-0.05, 0) is 30.8 Å². The average Bonchev–Trinajstić information content (AvgIpc) is 2.34. The number of carbonyl (C=O) groups excluding carboxylic acids is 1. The lowest BCUT2D eigenvalue weighted by atomic mass is 10.1. The third-order valence-electron chi connectivity index (χ3n) is 2.86. The molecule has 0 aliphatic rings. The van der Waals surface area contributed by atoms with Crippen LogP contribution >= 0.6 is 0 Å². The SMILES string of the molecule is CCN(CC)CCOC(=O)Cc1cccc(N)c1. The highest BCUT2D eigenvalue weighted by Gasteiger charge is 2.06. The van der Waals surface area contributed by atoms with E-state index in [1.165, 1.54) is 0 Å². The van der Waals surface area contributed by atoms with Gasteiger partial charge in [-0.2, -0.15) is 0 Å². The van der Waals surface area contributed by atoms with Crippen LogP contribution in [-0.4, -0.2) is 37.1 Å². The lowest BCUT2D eigenvalue weighted by Crippen LogP contribution is -2.28. The van der Waals surface area contributed by atoms with Crippen molar-refractivity contribution < 1.29 is 9.53 Å². The molecule has 100 valence electrons. The first-order chi connectivity index (χ1) is 8.65. The third-order valence-corrected chi connectivity index (χ3v) is 2.86. The average molecular weight is 250 g/mol. The van der Waals surface area contributed by atoms with Crippen molar-refractivity contribution in [3.05, 3.63) is 29.8 Å². The molecule has 0 aliphatic heterocycles. The van der Waals surface area contributed by atoms with E-state index in [4.69, 9.17) is 10.5 Å². The molecule has 2 N–H and O–H groups in total. The zero-order chi connectivity index (χ0) is 13.4. The zero-order valence-corrected chi connectivity index (χ0v) is 11.2. The summed E-state index contributed by atoms with van der Waals surface area (Å²) in [6, 6.07) is 7.32. The highest BCUT2D eigenvalue weighted by atomic mass is 16.5. The molecule has 1 rings (SSSR count). The molecular formula is C14H22N2O2. The van der Waals surface area contributed by atoms with Crippen molar-refractivity contribution in [3.8, 4) is 0 Å². The maximum absolute atomic E-state index is 11.6. The molecule has 0 amide bonds. The van der Waals surface area contributed by atoms with E-state index in [0.717, 1.165) is 25.2 Å². The first-order valence-electron chi connectivity index (χ1n) is 6.38. The first-order valence-corrected chi connectivity index (χ1v) is 6.38. The minimum Gasteiger partial charge on any atom is -0.464 e. The van der Waals surface area contributed by atoms with Crippen molar-refractivity contribution in [3.63, 3.8) is 0 Å². The Labute approximate surface area is 109 Å². The molecule has 4 nitrogen and oxygen atoms in total. The summed E-state index contributed by atoms with van der Waals surface area (Å²) >= 11 is 0. The normalized spacial score (nSPS) is 10.6. The summed E-state index contributed by atoms with van der Waals surface area (Å²) in [5, 5.41) is 0. The van der Waals surface area contributed by atoms with Crippen LogP contribution in [0.3, 0.4) is 0 Å². The standard InChI is InChI=1S/C14H22N2O2/c1-3-16(4-2)8-9-18-14(17)11-12-6-5-7-13(15)10-12/h5-7,10H,3-4,8-9,11,15H2,1-2H3. The number of rotatable bonds is 7. The van der Waals surface area contributed by atoms with Crippen LogP contribution in [0, 0.1) is 0 Å². The van der Waals surface area contributed by atoms with Crippen LogP contribution in [0.15, 0.2) is 24.3 Å². The van der Waals surface area contributed by atoms with Gasteiger partial charge in [0, 0.05) is 12.2 Å². The van der Waals surface area contributed by atoms with E-state index in [2.05, 4.69) is 18.7 Å². The topological polar surface area (TPSA) is 55.6 Å². The van der Waals surface area contributed by atoms with Gasteiger partial charge in [0.1, 0.15) is 6.61 Å². The van der Waals surface area contributed by atoms with Crippen LogP contribution < -0.4 is 5.73 Å². The van der Waals surface area contributed by atoms with Crippen molar-refractivity contribution in [2.75, 3.05) is 32.0 Å². The van der Waals surface area contributed by atoms with E-state index in [-0.39, 0.29) is 12.4 Å². The Kier molecular flexibility index (Phi) is 6.22. The number of ether oxygens (including phenoxy) is 1. The zero-order valence-electron chi connectivity index (χ0n) is 11.2. The van der Waals surface area contributed by atoms with Gasteiger partial charge < -0.3 is 15.4 Å².